The highest BCUT2D eigenvalue weighted by molar-refractivity contribution is 5.99. The Morgan fingerprint density at radius 1 is 1.14 bits per heavy atom. The third-order valence-electron chi connectivity index (χ3n) is 5.88. The largest absolute Gasteiger partial charge is 0.370 e. The minimum absolute atomic E-state index is 0.0958. The van der Waals surface area contributed by atoms with Gasteiger partial charge in [-0.2, -0.15) is 0 Å². The van der Waals surface area contributed by atoms with E-state index in [0.29, 0.717) is 31.4 Å². The van der Waals surface area contributed by atoms with E-state index >= 15 is 0 Å². The van der Waals surface area contributed by atoms with Crippen molar-refractivity contribution in [2.24, 2.45) is 22.4 Å². The summed E-state index contributed by atoms with van der Waals surface area (Å²) in [7, 11) is 0. The molecule has 35 heavy (non-hydrogen) atoms. The Morgan fingerprint density at radius 2 is 1.83 bits per heavy atom. The first-order valence-electron chi connectivity index (χ1n) is 11.8. The summed E-state index contributed by atoms with van der Waals surface area (Å²) in [6.07, 6.45) is 1.52. The second-order valence-electron chi connectivity index (χ2n) is 8.86. The highest BCUT2D eigenvalue weighted by Crippen LogP contribution is 2.21. The average molecular weight is 491 g/mol. The normalized spacial score (nSPS) is 16.9. The van der Waals surface area contributed by atoms with E-state index in [9.17, 15) is 23.6 Å². The number of alkyl halides is 1. The van der Waals surface area contributed by atoms with Crippen molar-refractivity contribution in [3.63, 3.8) is 0 Å². The van der Waals surface area contributed by atoms with Crippen molar-refractivity contribution >= 4 is 29.5 Å². The van der Waals surface area contributed by atoms with Crippen LogP contribution >= 0.6 is 0 Å². The summed E-state index contributed by atoms with van der Waals surface area (Å²) in [6, 6.07) is 5.86. The number of ketones is 1. The monoisotopic (exact) mass is 490 g/mol. The number of rotatable bonds is 12. The van der Waals surface area contributed by atoms with Crippen LogP contribution in [0.3, 0.4) is 0 Å². The summed E-state index contributed by atoms with van der Waals surface area (Å²) in [5, 5.41) is 5.38. The maximum atomic E-state index is 13.4. The van der Waals surface area contributed by atoms with Crippen molar-refractivity contribution in [1.82, 2.24) is 15.5 Å². The topological polar surface area (TPSA) is 160 Å². The molecule has 1 aliphatic rings. The van der Waals surface area contributed by atoms with Gasteiger partial charge in [0, 0.05) is 18.7 Å². The number of guanidine groups is 1. The zero-order valence-corrected chi connectivity index (χ0v) is 20.2. The van der Waals surface area contributed by atoms with Gasteiger partial charge in [0.15, 0.2) is 11.7 Å². The number of likely N-dealkylation sites (tertiary alicyclic amines) is 1. The standard InChI is InChI=1S/C24H35FN6O4/c1-15(2)20(30-21(33)16-8-4-3-5-9-16)23(35)31-13-7-11-18(31)22(34)29-17(19(32)14-25)10-6-12-28-24(26)27/h3-5,8-9,15,17-18,20H,6-7,10-14H2,1-2H3,(H,29,34)(H,30,33)(H4,26,27,28)/t17-,18-,20-/m0/s1. The Morgan fingerprint density at radius 3 is 2.43 bits per heavy atom. The third-order valence-corrected chi connectivity index (χ3v) is 5.88. The molecule has 1 saturated heterocycles. The number of nitrogens with two attached hydrogens (primary N) is 2. The van der Waals surface area contributed by atoms with Crippen LogP contribution in [-0.2, 0) is 14.4 Å². The third kappa shape index (κ3) is 8.04. The fourth-order valence-corrected chi connectivity index (χ4v) is 3.99. The maximum absolute atomic E-state index is 13.4. The molecule has 0 spiro atoms. The minimum Gasteiger partial charge on any atom is -0.370 e. The van der Waals surface area contributed by atoms with Gasteiger partial charge in [-0.05, 0) is 43.7 Å². The van der Waals surface area contributed by atoms with E-state index in [1.165, 1.54) is 4.90 Å². The lowest BCUT2D eigenvalue weighted by Crippen LogP contribution is -2.56. The van der Waals surface area contributed by atoms with E-state index in [2.05, 4.69) is 15.6 Å². The molecule has 3 atom stereocenters. The number of carbonyl (C=O) groups is 4. The van der Waals surface area contributed by atoms with E-state index in [-0.39, 0.29) is 36.7 Å². The second-order valence-corrected chi connectivity index (χ2v) is 8.86. The summed E-state index contributed by atoms with van der Waals surface area (Å²) in [6.45, 7) is 2.98. The Balaban J connectivity index is 2.08. The Kier molecular flexibility index (Phi) is 10.6. The second kappa shape index (κ2) is 13.4. The molecule has 1 aromatic rings. The van der Waals surface area contributed by atoms with Gasteiger partial charge in [0.2, 0.25) is 11.8 Å². The average Bonchev–Trinajstić information content (AvgIpc) is 3.33. The highest BCUT2D eigenvalue weighted by Gasteiger charge is 2.39. The molecule has 192 valence electrons. The molecular weight excluding hydrogens is 455 g/mol. The maximum Gasteiger partial charge on any atom is 0.251 e. The summed E-state index contributed by atoms with van der Waals surface area (Å²) < 4.78 is 13.1. The summed E-state index contributed by atoms with van der Waals surface area (Å²) in [5.41, 5.74) is 11.0. The van der Waals surface area contributed by atoms with Gasteiger partial charge in [-0.3, -0.25) is 24.2 Å². The van der Waals surface area contributed by atoms with E-state index < -0.39 is 36.5 Å². The minimum atomic E-state index is -1.22. The summed E-state index contributed by atoms with van der Waals surface area (Å²) in [5.74, 6) is -2.36. The molecule has 1 heterocycles. The molecule has 1 aromatic carbocycles. The lowest BCUT2D eigenvalue weighted by molar-refractivity contribution is -0.141. The number of halogens is 1. The van der Waals surface area contributed by atoms with Crippen LogP contribution < -0.4 is 22.1 Å². The van der Waals surface area contributed by atoms with Gasteiger partial charge in [-0.15, -0.1) is 0 Å². The molecule has 1 fully saturated rings. The van der Waals surface area contributed by atoms with Gasteiger partial charge in [0.05, 0.1) is 6.04 Å². The fourth-order valence-electron chi connectivity index (χ4n) is 3.99. The number of hydrogen-bond acceptors (Lipinski definition) is 5. The van der Waals surface area contributed by atoms with Crippen molar-refractivity contribution in [3.05, 3.63) is 35.9 Å². The number of hydrogen-bond donors (Lipinski definition) is 4. The Hall–Kier alpha value is -3.50. The number of benzene rings is 1. The molecule has 0 aromatic heterocycles. The number of carbonyl (C=O) groups excluding carboxylic acids is 4. The van der Waals surface area contributed by atoms with Crippen LogP contribution in [-0.4, -0.2) is 72.3 Å². The number of aliphatic imine (C=N–C) groups is 1. The van der Waals surface area contributed by atoms with Crippen molar-refractivity contribution in [1.29, 1.82) is 0 Å². The zero-order chi connectivity index (χ0) is 26.0. The molecule has 0 saturated carbocycles. The van der Waals surface area contributed by atoms with Crippen LogP contribution in [0.5, 0.6) is 0 Å². The molecule has 1 aliphatic heterocycles. The quantitative estimate of drug-likeness (QED) is 0.190. The predicted octanol–water partition coefficient (Wildman–Crippen LogP) is 0.509. The molecule has 0 bridgehead atoms. The van der Waals surface area contributed by atoms with Gasteiger partial charge >= 0.3 is 0 Å². The SMILES string of the molecule is CC(C)[C@H](NC(=O)c1ccccc1)C(=O)N1CCC[C@H]1C(=O)N[C@@H](CCCN=C(N)N)C(=O)CF. The molecule has 0 aliphatic carbocycles. The predicted molar refractivity (Wildman–Crippen MR) is 130 cm³/mol. The summed E-state index contributed by atoms with van der Waals surface area (Å²) >= 11 is 0. The first kappa shape index (κ1) is 27.7. The van der Waals surface area contributed by atoms with Gasteiger partial charge in [-0.1, -0.05) is 32.0 Å². The van der Waals surface area contributed by atoms with Gasteiger partial charge in [0.1, 0.15) is 18.8 Å². The molecule has 3 amide bonds. The van der Waals surface area contributed by atoms with Crippen LogP contribution in [0.15, 0.2) is 35.3 Å². The van der Waals surface area contributed by atoms with Gasteiger partial charge < -0.3 is 27.0 Å². The van der Waals surface area contributed by atoms with Crippen molar-refractivity contribution in [2.45, 2.75) is 57.7 Å². The molecule has 0 radical (unpaired) electrons. The Labute approximate surface area is 204 Å². The van der Waals surface area contributed by atoms with Crippen LogP contribution in [0, 0.1) is 5.92 Å². The smallest absolute Gasteiger partial charge is 0.251 e. The van der Waals surface area contributed by atoms with E-state index in [1.807, 2.05) is 13.8 Å². The summed E-state index contributed by atoms with van der Waals surface area (Å²) in [4.78, 5) is 56.4. The van der Waals surface area contributed by atoms with Crippen LogP contribution in [0.25, 0.3) is 0 Å². The number of nitrogens with one attached hydrogen (secondary N) is 2. The number of amides is 3. The van der Waals surface area contributed by atoms with Crippen LogP contribution in [0.2, 0.25) is 0 Å². The van der Waals surface area contributed by atoms with Gasteiger partial charge in [-0.25, -0.2) is 4.39 Å². The van der Waals surface area contributed by atoms with Gasteiger partial charge in [0.25, 0.3) is 5.91 Å². The number of nitrogens with zero attached hydrogens (tertiary/aromatic N) is 2. The van der Waals surface area contributed by atoms with Crippen LogP contribution in [0.4, 0.5) is 4.39 Å². The van der Waals surface area contributed by atoms with Crippen molar-refractivity contribution < 1.29 is 23.6 Å². The fraction of sp³-hybridized carbons (Fsp3) is 0.542. The van der Waals surface area contributed by atoms with E-state index in [1.54, 1.807) is 30.3 Å². The highest BCUT2D eigenvalue weighted by atomic mass is 19.1. The molecule has 0 unspecified atom stereocenters. The lowest BCUT2D eigenvalue weighted by Gasteiger charge is -2.31. The lowest BCUT2D eigenvalue weighted by atomic mass is 10.0. The van der Waals surface area contributed by atoms with E-state index in [4.69, 9.17) is 11.5 Å². The first-order valence-corrected chi connectivity index (χ1v) is 11.8. The van der Waals surface area contributed by atoms with E-state index in [0.717, 1.165) is 0 Å². The zero-order valence-electron chi connectivity index (χ0n) is 20.2. The molecule has 10 nitrogen and oxygen atoms in total. The van der Waals surface area contributed by atoms with Crippen molar-refractivity contribution in [3.8, 4) is 0 Å². The molecule has 2 rings (SSSR count). The Bertz CT molecular complexity index is 920. The van der Waals surface area contributed by atoms with Crippen LogP contribution in [0.1, 0.15) is 49.9 Å². The number of Topliss-reactive ketones (excluding diaryl/α,β-unsaturated/α-hetero) is 1. The molecule has 6 N–H and O–H groups in total. The molecule has 11 heteroatoms. The first-order chi connectivity index (χ1) is 16.6. The molecular formula is C24H35FN6O4. The van der Waals surface area contributed by atoms with Crippen molar-refractivity contribution in [2.75, 3.05) is 19.8 Å².